The van der Waals surface area contributed by atoms with Crippen LogP contribution in [0.4, 0.5) is 0 Å². The molecule has 80 valence electrons. The zero-order valence-corrected chi connectivity index (χ0v) is 9.05. The lowest BCUT2D eigenvalue weighted by molar-refractivity contribution is -0.148. The molecule has 1 atom stereocenters. The summed E-state index contributed by atoms with van der Waals surface area (Å²) in [6.45, 7) is 10.2. The predicted molar refractivity (Wildman–Crippen MR) is 56.2 cm³/mol. The Morgan fingerprint density at radius 2 is 2.29 bits per heavy atom. The first-order valence-corrected chi connectivity index (χ1v) is 5.10. The van der Waals surface area contributed by atoms with Crippen LogP contribution in [-0.2, 0) is 4.79 Å². The molecular formula is C11H19NO2. The van der Waals surface area contributed by atoms with E-state index in [1.807, 2.05) is 13.8 Å². The minimum atomic E-state index is -0.649. The van der Waals surface area contributed by atoms with Gasteiger partial charge in [0, 0.05) is 13.1 Å². The van der Waals surface area contributed by atoms with Gasteiger partial charge in [0.05, 0.1) is 5.41 Å². The van der Waals surface area contributed by atoms with Crippen LogP contribution in [0.15, 0.2) is 12.2 Å². The first kappa shape index (κ1) is 11.2. The Labute approximate surface area is 85.4 Å². The van der Waals surface area contributed by atoms with E-state index < -0.39 is 11.4 Å². The van der Waals surface area contributed by atoms with Gasteiger partial charge in [-0.3, -0.25) is 9.69 Å². The Hall–Kier alpha value is -0.830. The van der Waals surface area contributed by atoms with Gasteiger partial charge in [0.15, 0.2) is 0 Å². The van der Waals surface area contributed by atoms with Gasteiger partial charge in [-0.05, 0) is 26.3 Å². The Bertz CT molecular complexity index is 250. The molecule has 0 spiro atoms. The highest BCUT2D eigenvalue weighted by atomic mass is 16.4. The summed E-state index contributed by atoms with van der Waals surface area (Å²) in [7, 11) is 0. The van der Waals surface area contributed by atoms with Crippen LogP contribution in [0.2, 0.25) is 0 Å². The number of carbonyl (C=O) groups is 1. The van der Waals surface area contributed by atoms with Crippen LogP contribution in [-0.4, -0.2) is 35.6 Å². The summed E-state index contributed by atoms with van der Waals surface area (Å²) in [5, 5.41) is 9.17. The highest BCUT2D eigenvalue weighted by Crippen LogP contribution is 2.34. The molecule has 3 nitrogen and oxygen atoms in total. The third-order valence-electron chi connectivity index (χ3n) is 3.06. The van der Waals surface area contributed by atoms with Gasteiger partial charge < -0.3 is 5.11 Å². The molecule has 14 heavy (non-hydrogen) atoms. The minimum absolute atomic E-state index is 0.505. The van der Waals surface area contributed by atoms with E-state index in [2.05, 4.69) is 11.5 Å². The van der Waals surface area contributed by atoms with Gasteiger partial charge in [0.25, 0.3) is 0 Å². The van der Waals surface area contributed by atoms with E-state index in [0.717, 1.165) is 31.5 Å². The minimum Gasteiger partial charge on any atom is -0.481 e. The fourth-order valence-corrected chi connectivity index (χ4v) is 2.09. The molecule has 1 N–H and O–H groups in total. The molecule has 0 aromatic heterocycles. The largest absolute Gasteiger partial charge is 0.481 e. The monoisotopic (exact) mass is 197 g/mol. The van der Waals surface area contributed by atoms with Crippen molar-refractivity contribution < 1.29 is 9.90 Å². The van der Waals surface area contributed by atoms with Crippen molar-refractivity contribution in [3.8, 4) is 0 Å². The molecule has 0 saturated carbocycles. The van der Waals surface area contributed by atoms with Gasteiger partial charge in [0.2, 0.25) is 0 Å². The molecule has 1 aliphatic rings. The van der Waals surface area contributed by atoms with Crippen LogP contribution in [0.25, 0.3) is 0 Å². The van der Waals surface area contributed by atoms with Crippen molar-refractivity contribution in [1.82, 2.24) is 4.90 Å². The lowest BCUT2D eigenvalue weighted by Gasteiger charge is -2.23. The second kappa shape index (κ2) is 4.13. The van der Waals surface area contributed by atoms with E-state index in [9.17, 15) is 4.79 Å². The van der Waals surface area contributed by atoms with E-state index in [1.165, 1.54) is 0 Å². The fraction of sp³-hybridized carbons (Fsp3) is 0.727. The Kier molecular flexibility index (Phi) is 3.32. The zero-order valence-electron chi connectivity index (χ0n) is 9.05. The summed E-state index contributed by atoms with van der Waals surface area (Å²) in [4.78, 5) is 13.3. The summed E-state index contributed by atoms with van der Waals surface area (Å²) >= 11 is 0. The summed E-state index contributed by atoms with van der Waals surface area (Å²) in [6.07, 6.45) is 1.49. The Morgan fingerprint density at radius 3 is 2.64 bits per heavy atom. The molecule has 1 aliphatic heterocycles. The molecule has 0 aromatic rings. The number of carboxylic acids is 1. The molecule has 0 aliphatic carbocycles. The average Bonchev–Trinajstić information content (AvgIpc) is 2.48. The van der Waals surface area contributed by atoms with E-state index >= 15 is 0 Å². The average molecular weight is 197 g/mol. The predicted octanol–water partition coefficient (Wildman–Crippen LogP) is 1.75. The van der Waals surface area contributed by atoms with Crippen molar-refractivity contribution in [2.24, 2.45) is 5.41 Å². The molecule has 1 heterocycles. The molecule has 3 heteroatoms. The van der Waals surface area contributed by atoms with Gasteiger partial charge in [-0.1, -0.05) is 19.1 Å². The maximum absolute atomic E-state index is 11.1. The molecule has 1 fully saturated rings. The van der Waals surface area contributed by atoms with Crippen LogP contribution in [0.3, 0.4) is 0 Å². The van der Waals surface area contributed by atoms with Gasteiger partial charge in [0.1, 0.15) is 0 Å². The van der Waals surface area contributed by atoms with E-state index in [1.54, 1.807) is 0 Å². The summed E-state index contributed by atoms with van der Waals surface area (Å²) in [5.74, 6) is -0.649. The molecule has 0 radical (unpaired) electrons. The fourth-order valence-electron chi connectivity index (χ4n) is 2.09. The van der Waals surface area contributed by atoms with Crippen LogP contribution < -0.4 is 0 Å². The van der Waals surface area contributed by atoms with E-state index in [-0.39, 0.29) is 0 Å². The van der Waals surface area contributed by atoms with Crippen molar-refractivity contribution in [3.63, 3.8) is 0 Å². The lowest BCUT2D eigenvalue weighted by atomic mass is 9.84. The van der Waals surface area contributed by atoms with Crippen LogP contribution in [0.5, 0.6) is 0 Å². The Morgan fingerprint density at radius 1 is 1.64 bits per heavy atom. The number of hydrogen-bond acceptors (Lipinski definition) is 2. The van der Waals surface area contributed by atoms with Crippen molar-refractivity contribution in [2.45, 2.75) is 26.7 Å². The maximum atomic E-state index is 11.1. The quantitative estimate of drug-likeness (QED) is 0.698. The number of carboxylic acid groups (broad SMARTS) is 1. The van der Waals surface area contributed by atoms with Gasteiger partial charge in [-0.15, -0.1) is 0 Å². The highest BCUT2D eigenvalue weighted by Gasteiger charge is 2.42. The number of aliphatic carboxylic acids is 1. The van der Waals surface area contributed by atoms with Crippen molar-refractivity contribution in [3.05, 3.63) is 12.2 Å². The molecule has 1 unspecified atom stereocenters. The lowest BCUT2D eigenvalue weighted by Crippen LogP contribution is -2.34. The van der Waals surface area contributed by atoms with Gasteiger partial charge >= 0.3 is 5.97 Å². The highest BCUT2D eigenvalue weighted by molar-refractivity contribution is 5.75. The summed E-state index contributed by atoms with van der Waals surface area (Å²) in [5.41, 5.74) is 0.595. The number of nitrogens with zero attached hydrogens (tertiary/aromatic N) is 1. The molecule has 0 amide bonds. The third kappa shape index (κ3) is 2.15. The molecule has 0 bridgehead atoms. The van der Waals surface area contributed by atoms with Crippen molar-refractivity contribution in [1.29, 1.82) is 0 Å². The van der Waals surface area contributed by atoms with Crippen LogP contribution in [0.1, 0.15) is 26.7 Å². The first-order valence-electron chi connectivity index (χ1n) is 5.10. The second-order valence-corrected chi connectivity index (χ2v) is 4.36. The normalized spacial score (nSPS) is 27.9. The van der Waals surface area contributed by atoms with Gasteiger partial charge in [-0.2, -0.15) is 0 Å². The molecule has 1 rings (SSSR count). The maximum Gasteiger partial charge on any atom is 0.310 e. The zero-order chi connectivity index (χ0) is 10.8. The van der Waals surface area contributed by atoms with E-state index in [0.29, 0.717) is 6.54 Å². The number of rotatable bonds is 4. The van der Waals surface area contributed by atoms with E-state index in [4.69, 9.17) is 5.11 Å². The number of likely N-dealkylation sites (tertiary alicyclic amines) is 1. The third-order valence-corrected chi connectivity index (χ3v) is 3.06. The molecular weight excluding hydrogens is 178 g/mol. The van der Waals surface area contributed by atoms with Gasteiger partial charge in [-0.25, -0.2) is 0 Å². The molecule has 1 saturated heterocycles. The second-order valence-electron chi connectivity index (χ2n) is 4.36. The summed E-state index contributed by atoms with van der Waals surface area (Å²) < 4.78 is 0. The van der Waals surface area contributed by atoms with Crippen LogP contribution >= 0.6 is 0 Å². The van der Waals surface area contributed by atoms with Crippen molar-refractivity contribution >= 4 is 5.97 Å². The first-order chi connectivity index (χ1) is 6.50. The summed E-state index contributed by atoms with van der Waals surface area (Å²) in [6, 6.07) is 0. The Balaban J connectivity index is 2.61. The van der Waals surface area contributed by atoms with Crippen LogP contribution in [0, 0.1) is 5.41 Å². The standard InChI is InChI=1S/C11H19NO2/c1-4-11(10(13)14)5-6-12(8-11)7-9(2)3/h2,4-8H2,1,3H3,(H,13,14). The topological polar surface area (TPSA) is 40.5 Å². The SMILES string of the molecule is C=C(C)CN1CCC(CC)(C(=O)O)C1. The van der Waals surface area contributed by atoms with Crippen molar-refractivity contribution in [2.75, 3.05) is 19.6 Å². The molecule has 0 aromatic carbocycles. The number of hydrogen-bond donors (Lipinski definition) is 1. The smallest absolute Gasteiger partial charge is 0.310 e.